The molecular formula is C14H21BrN2. The highest BCUT2D eigenvalue weighted by Crippen LogP contribution is 2.35. The van der Waals surface area contributed by atoms with Crippen molar-refractivity contribution < 1.29 is 0 Å². The first-order valence-corrected chi connectivity index (χ1v) is 7.16. The maximum Gasteiger partial charge on any atom is 0.0513 e. The first-order valence-electron chi connectivity index (χ1n) is 6.37. The fourth-order valence-electron chi connectivity index (χ4n) is 2.08. The molecule has 17 heavy (non-hydrogen) atoms. The molecule has 3 heteroatoms. The van der Waals surface area contributed by atoms with Crippen LogP contribution in [0.25, 0.3) is 0 Å². The Bertz CT molecular complexity index is 386. The quantitative estimate of drug-likeness (QED) is 0.901. The lowest BCUT2D eigenvalue weighted by molar-refractivity contribution is 0.643. The topological polar surface area (TPSA) is 29.3 Å². The maximum atomic E-state index is 5.66. The lowest BCUT2D eigenvalue weighted by Gasteiger charge is -2.30. The Labute approximate surface area is 112 Å². The molecule has 0 atom stereocenters. The summed E-state index contributed by atoms with van der Waals surface area (Å²) in [6.07, 6.45) is 2.78. The molecule has 1 fully saturated rings. The smallest absolute Gasteiger partial charge is 0.0513 e. The third kappa shape index (κ3) is 3.23. The number of halogens is 1. The minimum absolute atomic E-state index is 0.538. The van der Waals surface area contributed by atoms with Gasteiger partial charge in [0.1, 0.15) is 0 Å². The molecule has 0 amide bonds. The van der Waals surface area contributed by atoms with Gasteiger partial charge in [0.2, 0.25) is 0 Å². The van der Waals surface area contributed by atoms with E-state index in [1.165, 1.54) is 30.6 Å². The highest BCUT2D eigenvalue weighted by Gasteiger charge is 2.26. The van der Waals surface area contributed by atoms with Crippen LogP contribution in [-0.4, -0.2) is 12.6 Å². The zero-order valence-electron chi connectivity index (χ0n) is 10.6. The van der Waals surface area contributed by atoms with Crippen molar-refractivity contribution in [2.45, 2.75) is 39.3 Å². The highest BCUT2D eigenvalue weighted by molar-refractivity contribution is 9.10. The molecule has 0 aromatic heterocycles. The van der Waals surface area contributed by atoms with Gasteiger partial charge in [-0.2, -0.15) is 0 Å². The lowest BCUT2D eigenvalue weighted by Crippen LogP contribution is -2.33. The fraction of sp³-hybridized carbons (Fsp3) is 0.571. The molecule has 94 valence electrons. The number of nitrogens with two attached hydrogens (primary N) is 1. The van der Waals surface area contributed by atoms with Crippen molar-refractivity contribution in [3.05, 3.63) is 28.2 Å². The molecule has 0 aliphatic heterocycles. The molecule has 1 aliphatic rings. The Morgan fingerprint density at radius 3 is 2.59 bits per heavy atom. The van der Waals surface area contributed by atoms with E-state index in [0.29, 0.717) is 12.6 Å². The third-order valence-corrected chi connectivity index (χ3v) is 3.97. The largest absolute Gasteiger partial charge is 0.368 e. The van der Waals surface area contributed by atoms with Crippen molar-refractivity contribution in [2.75, 3.05) is 11.4 Å². The van der Waals surface area contributed by atoms with Gasteiger partial charge in [-0.15, -0.1) is 0 Å². The Morgan fingerprint density at radius 2 is 2.12 bits per heavy atom. The van der Waals surface area contributed by atoms with Crippen LogP contribution >= 0.6 is 15.9 Å². The molecule has 2 N–H and O–H groups in total. The number of hydrogen-bond donors (Lipinski definition) is 1. The summed E-state index contributed by atoms with van der Waals surface area (Å²) in [5, 5.41) is 0. The van der Waals surface area contributed by atoms with Crippen molar-refractivity contribution in [2.24, 2.45) is 11.7 Å². The van der Waals surface area contributed by atoms with Crippen LogP contribution in [-0.2, 0) is 6.54 Å². The molecule has 0 saturated heterocycles. The van der Waals surface area contributed by atoms with Gasteiger partial charge in [0.15, 0.2) is 0 Å². The molecular weight excluding hydrogens is 276 g/mol. The van der Waals surface area contributed by atoms with Crippen molar-refractivity contribution in [1.29, 1.82) is 0 Å². The average Bonchev–Trinajstić information content (AvgIpc) is 3.10. The van der Waals surface area contributed by atoms with Crippen LogP contribution in [0.1, 0.15) is 32.3 Å². The zero-order valence-corrected chi connectivity index (χ0v) is 12.2. The third-order valence-electron chi connectivity index (χ3n) is 3.33. The maximum absolute atomic E-state index is 5.66. The molecule has 2 nitrogen and oxygen atoms in total. The monoisotopic (exact) mass is 296 g/mol. The van der Waals surface area contributed by atoms with Crippen LogP contribution in [0.3, 0.4) is 0 Å². The SMILES string of the molecule is CC(C)N(CC1CC1)c1ccc(CN)cc1Br. The van der Waals surface area contributed by atoms with Crippen LogP contribution in [0.15, 0.2) is 22.7 Å². The van der Waals surface area contributed by atoms with E-state index in [-0.39, 0.29) is 0 Å². The first kappa shape index (κ1) is 12.9. The first-order chi connectivity index (χ1) is 8.11. The van der Waals surface area contributed by atoms with Crippen molar-refractivity contribution in [3.8, 4) is 0 Å². The second-order valence-corrected chi connectivity index (χ2v) is 6.03. The molecule has 0 spiro atoms. The number of anilines is 1. The average molecular weight is 297 g/mol. The Morgan fingerprint density at radius 1 is 1.41 bits per heavy atom. The van der Waals surface area contributed by atoms with Crippen molar-refractivity contribution in [1.82, 2.24) is 0 Å². The minimum Gasteiger partial charge on any atom is -0.368 e. The summed E-state index contributed by atoms with van der Waals surface area (Å²) in [7, 11) is 0. The molecule has 1 aromatic carbocycles. The summed E-state index contributed by atoms with van der Waals surface area (Å²) in [5.41, 5.74) is 8.13. The van der Waals surface area contributed by atoms with Gasteiger partial charge in [-0.3, -0.25) is 0 Å². The van der Waals surface area contributed by atoms with E-state index >= 15 is 0 Å². The Hall–Kier alpha value is -0.540. The second-order valence-electron chi connectivity index (χ2n) is 5.18. The van der Waals surface area contributed by atoms with Crippen LogP contribution in [0, 0.1) is 5.92 Å². The number of nitrogens with zero attached hydrogens (tertiary/aromatic N) is 1. The molecule has 2 rings (SSSR count). The van der Waals surface area contributed by atoms with Gasteiger partial charge in [-0.05, 0) is 66.2 Å². The van der Waals surface area contributed by atoms with Crippen molar-refractivity contribution >= 4 is 21.6 Å². The Balaban J connectivity index is 2.21. The summed E-state index contributed by atoms with van der Waals surface area (Å²) >= 11 is 3.67. The van der Waals surface area contributed by atoms with E-state index in [9.17, 15) is 0 Å². The van der Waals surface area contributed by atoms with E-state index in [1.807, 2.05) is 0 Å². The Kier molecular flexibility index (Phi) is 4.10. The lowest BCUT2D eigenvalue weighted by atomic mass is 10.1. The summed E-state index contributed by atoms with van der Waals surface area (Å²) in [6, 6.07) is 6.99. The number of rotatable bonds is 5. The van der Waals surface area contributed by atoms with Gasteiger partial charge in [0, 0.05) is 23.6 Å². The van der Waals surface area contributed by atoms with Gasteiger partial charge in [0.25, 0.3) is 0 Å². The minimum atomic E-state index is 0.538. The summed E-state index contributed by atoms with van der Waals surface area (Å²) in [6.45, 7) is 6.29. The molecule has 1 aliphatic carbocycles. The normalized spacial score (nSPS) is 15.4. The second kappa shape index (κ2) is 5.40. The fourth-order valence-corrected chi connectivity index (χ4v) is 2.73. The summed E-state index contributed by atoms with van der Waals surface area (Å²) < 4.78 is 1.16. The molecule has 0 unspecified atom stereocenters. The van der Waals surface area contributed by atoms with Crippen LogP contribution < -0.4 is 10.6 Å². The van der Waals surface area contributed by atoms with Crippen LogP contribution in [0.4, 0.5) is 5.69 Å². The number of hydrogen-bond acceptors (Lipinski definition) is 2. The predicted molar refractivity (Wildman–Crippen MR) is 77.2 cm³/mol. The molecule has 1 saturated carbocycles. The van der Waals surface area contributed by atoms with E-state index < -0.39 is 0 Å². The predicted octanol–water partition coefficient (Wildman–Crippen LogP) is 3.53. The standard InChI is InChI=1S/C14H21BrN2/c1-10(2)17(9-11-3-4-11)14-6-5-12(8-16)7-13(14)15/h5-7,10-11H,3-4,8-9,16H2,1-2H3. The van der Waals surface area contributed by atoms with Gasteiger partial charge < -0.3 is 10.6 Å². The summed E-state index contributed by atoms with van der Waals surface area (Å²) in [4.78, 5) is 2.49. The van der Waals surface area contributed by atoms with Gasteiger partial charge >= 0.3 is 0 Å². The van der Waals surface area contributed by atoms with Gasteiger partial charge in [0.05, 0.1) is 5.69 Å². The van der Waals surface area contributed by atoms with Crippen LogP contribution in [0.5, 0.6) is 0 Å². The highest BCUT2D eigenvalue weighted by atomic mass is 79.9. The zero-order chi connectivity index (χ0) is 12.4. The molecule has 0 heterocycles. The van der Waals surface area contributed by atoms with E-state index in [4.69, 9.17) is 5.73 Å². The van der Waals surface area contributed by atoms with Crippen LogP contribution in [0.2, 0.25) is 0 Å². The van der Waals surface area contributed by atoms with E-state index in [1.54, 1.807) is 0 Å². The molecule has 0 bridgehead atoms. The molecule has 1 aromatic rings. The number of benzene rings is 1. The molecule has 0 radical (unpaired) electrons. The van der Waals surface area contributed by atoms with Crippen molar-refractivity contribution in [3.63, 3.8) is 0 Å². The van der Waals surface area contributed by atoms with Gasteiger partial charge in [-0.25, -0.2) is 0 Å². The van der Waals surface area contributed by atoms with E-state index in [2.05, 4.69) is 52.9 Å². The summed E-state index contributed by atoms with van der Waals surface area (Å²) in [5.74, 6) is 0.901. The van der Waals surface area contributed by atoms with E-state index in [0.717, 1.165) is 10.4 Å². The van der Waals surface area contributed by atoms with Gasteiger partial charge in [-0.1, -0.05) is 6.07 Å².